The van der Waals surface area contributed by atoms with Crippen molar-refractivity contribution in [2.75, 3.05) is 6.16 Å². The van der Waals surface area contributed by atoms with Gasteiger partial charge in [-0.2, -0.15) is 0 Å². The Morgan fingerprint density at radius 1 is 1.12 bits per heavy atom. The second-order valence-corrected chi connectivity index (χ2v) is 12.3. The van der Waals surface area contributed by atoms with Crippen LogP contribution in [-0.2, 0) is 0 Å². The summed E-state index contributed by atoms with van der Waals surface area (Å²) < 4.78 is 0. The van der Waals surface area contributed by atoms with Gasteiger partial charge in [0, 0.05) is 25.0 Å². The standard InChI is InChI=1S/C16H30P/c1-5-6-7-8-16(4)11-17-12(2)9-14(16)15(17)10-13(17)3/h12-15H,5-11H2,1-4H3/q+1. The molecular weight excluding hydrogens is 223 g/mol. The maximum atomic E-state index is 2.66. The van der Waals surface area contributed by atoms with E-state index in [9.17, 15) is 0 Å². The van der Waals surface area contributed by atoms with Gasteiger partial charge in [-0.15, -0.1) is 0 Å². The molecule has 98 valence electrons. The highest BCUT2D eigenvalue weighted by atomic mass is 31.2. The van der Waals surface area contributed by atoms with E-state index in [-0.39, 0.29) is 0 Å². The maximum Gasteiger partial charge on any atom is 0.0776 e. The Morgan fingerprint density at radius 2 is 1.82 bits per heavy atom. The van der Waals surface area contributed by atoms with Crippen LogP contribution in [0.4, 0.5) is 0 Å². The quantitative estimate of drug-likeness (QED) is 0.479. The van der Waals surface area contributed by atoms with Crippen molar-refractivity contribution >= 4 is 7.26 Å². The van der Waals surface area contributed by atoms with Gasteiger partial charge in [0.1, 0.15) is 0 Å². The lowest BCUT2D eigenvalue weighted by molar-refractivity contribution is 0.195. The molecule has 2 bridgehead atoms. The van der Waals surface area contributed by atoms with Gasteiger partial charge in [0.05, 0.1) is 23.1 Å². The van der Waals surface area contributed by atoms with Gasteiger partial charge in [0.2, 0.25) is 0 Å². The largest absolute Gasteiger partial charge is 0.0776 e. The van der Waals surface area contributed by atoms with E-state index in [2.05, 4.69) is 27.7 Å². The third-order valence-electron chi connectivity index (χ3n) is 6.78. The molecule has 0 aromatic heterocycles. The van der Waals surface area contributed by atoms with Gasteiger partial charge in [-0.3, -0.25) is 0 Å². The van der Waals surface area contributed by atoms with E-state index >= 15 is 0 Å². The summed E-state index contributed by atoms with van der Waals surface area (Å²) in [6, 6.07) is 0. The molecule has 3 rings (SSSR count). The molecule has 0 amide bonds. The molecule has 6 atom stereocenters. The molecule has 0 radical (unpaired) electrons. The lowest BCUT2D eigenvalue weighted by Gasteiger charge is -2.45. The molecule has 6 unspecified atom stereocenters. The highest BCUT2D eigenvalue weighted by Crippen LogP contribution is 2.92. The Labute approximate surface area is 108 Å². The number of hydrogen-bond donors (Lipinski definition) is 0. The highest BCUT2D eigenvalue weighted by molar-refractivity contribution is 7.80. The van der Waals surface area contributed by atoms with Crippen LogP contribution < -0.4 is 0 Å². The second kappa shape index (κ2) is 3.96. The predicted octanol–water partition coefficient (Wildman–Crippen LogP) is 5.17. The fourth-order valence-electron chi connectivity index (χ4n) is 5.88. The first-order chi connectivity index (χ1) is 8.04. The molecule has 17 heavy (non-hydrogen) atoms. The Bertz CT molecular complexity index is 313. The van der Waals surface area contributed by atoms with Crippen LogP contribution in [0, 0.1) is 11.3 Å². The van der Waals surface area contributed by atoms with Crippen LogP contribution in [0.25, 0.3) is 0 Å². The molecule has 0 spiro atoms. The molecule has 0 saturated carbocycles. The second-order valence-electron chi connectivity index (χ2n) is 7.61. The minimum Gasteiger partial charge on any atom is -0.0654 e. The average Bonchev–Trinajstić information content (AvgIpc) is 2.61. The molecule has 0 aromatic rings. The van der Waals surface area contributed by atoms with Crippen molar-refractivity contribution in [3.63, 3.8) is 0 Å². The van der Waals surface area contributed by atoms with Crippen LogP contribution >= 0.6 is 7.26 Å². The summed E-state index contributed by atoms with van der Waals surface area (Å²) in [5.41, 5.74) is 4.28. The molecule has 1 heteroatoms. The third-order valence-corrected chi connectivity index (χ3v) is 13.6. The molecule has 3 aliphatic rings. The molecular formula is C16H30P+. The highest BCUT2D eigenvalue weighted by Gasteiger charge is 2.78. The molecule has 0 nitrogen and oxygen atoms in total. The molecule has 0 aromatic carbocycles. The van der Waals surface area contributed by atoms with Crippen LogP contribution in [0.1, 0.15) is 66.2 Å². The Balaban J connectivity index is 1.75. The minimum atomic E-state index is -0.490. The van der Waals surface area contributed by atoms with E-state index < -0.39 is 7.26 Å². The SMILES string of the molecule is CCCCCC1(C)C[P+]23C(C)CC1C2CC3C. The Hall–Kier alpha value is 0.430. The minimum absolute atomic E-state index is 0.490. The fourth-order valence-corrected chi connectivity index (χ4v) is 13.3. The summed E-state index contributed by atoms with van der Waals surface area (Å²) in [6.45, 7) is 10.2. The van der Waals surface area contributed by atoms with Crippen LogP contribution in [-0.4, -0.2) is 23.1 Å². The van der Waals surface area contributed by atoms with Gasteiger partial charge in [0.25, 0.3) is 0 Å². The van der Waals surface area contributed by atoms with Crippen molar-refractivity contribution in [3.05, 3.63) is 0 Å². The number of rotatable bonds is 4. The zero-order valence-corrected chi connectivity index (χ0v) is 13.1. The lowest BCUT2D eigenvalue weighted by Crippen LogP contribution is -2.35. The first kappa shape index (κ1) is 12.5. The van der Waals surface area contributed by atoms with Crippen molar-refractivity contribution in [1.82, 2.24) is 0 Å². The van der Waals surface area contributed by atoms with Crippen molar-refractivity contribution in [1.29, 1.82) is 0 Å². The van der Waals surface area contributed by atoms with E-state index in [1.807, 2.05) is 0 Å². The van der Waals surface area contributed by atoms with Gasteiger partial charge in [0.15, 0.2) is 0 Å². The fraction of sp³-hybridized carbons (Fsp3) is 1.00. The molecule has 3 fully saturated rings. The van der Waals surface area contributed by atoms with E-state index in [0.717, 1.165) is 22.7 Å². The van der Waals surface area contributed by atoms with E-state index in [4.69, 9.17) is 0 Å². The van der Waals surface area contributed by atoms with Crippen molar-refractivity contribution in [2.45, 2.75) is 83.2 Å². The van der Waals surface area contributed by atoms with Gasteiger partial charge in [-0.25, -0.2) is 0 Å². The molecule has 3 heterocycles. The van der Waals surface area contributed by atoms with Crippen LogP contribution in [0.15, 0.2) is 0 Å². The van der Waals surface area contributed by atoms with Gasteiger partial charge < -0.3 is 0 Å². The summed E-state index contributed by atoms with van der Waals surface area (Å²) in [6.07, 6.45) is 10.8. The van der Waals surface area contributed by atoms with Crippen LogP contribution in [0.5, 0.6) is 0 Å². The van der Waals surface area contributed by atoms with Gasteiger partial charge >= 0.3 is 0 Å². The predicted molar refractivity (Wildman–Crippen MR) is 79.5 cm³/mol. The molecule has 0 N–H and O–H groups in total. The third kappa shape index (κ3) is 1.46. The molecule has 0 aliphatic carbocycles. The van der Waals surface area contributed by atoms with Crippen LogP contribution in [0.3, 0.4) is 0 Å². The van der Waals surface area contributed by atoms with E-state index in [0.29, 0.717) is 0 Å². The summed E-state index contributed by atoms with van der Waals surface area (Å²) >= 11 is 0. The van der Waals surface area contributed by atoms with Crippen molar-refractivity contribution in [2.24, 2.45) is 11.3 Å². The lowest BCUT2D eigenvalue weighted by atomic mass is 9.71. The smallest absolute Gasteiger partial charge is 0.0654 e. The molecule has 3 aliphatic heterocycles. The zero-order chi connectivity index (χ0) is 12.3. The first-order valence-corrected chi connectivity index (χ1v) is 10.1. The summed E-state index contributed by atoms with van der Waals surface area (Å²) in [5, 5.41) is 0. The normalized spacial score (nSPS) is 55.8. The Kier molecular flexibility index (Phi) is 2.90. The van der Waals surface area contributed by atoms with E-state index in [1.54, 1.807) is 25.4 Å². The summed E-state index contributed by atoms with van der Waals surface area (Å²) in [5.74, 6) is 1.14. The topological polar surface area (TPSA) is 0 Å². The van der Waals surface area contributed by atoms with Gasteiger partial charge in [-0.05, 0) is 26.7 Å². The van der Waals surface area contributed by atoms with Crippen molar-refractivity contribution in [3.8, 4) is 0 Å². The van der Waals surface area contributed by atoms with Gasteiger partial charge in [-0.1, -0.05) is 33.1 Å². The van der Waals surface area contributed by atoms with Crippen LogP contribution in [0.2, 0.25) is 0 Å². The van der Waals surface area contributed by atoms with Crippen molar-refractivity contribution < 1.29 is 0 Å². The summed E-state index contributed by atoms with van der Waals surface area (Å²) in [7, 11) is -0.490. The average molecular weight is 253 g/mol. The molecule has 3 saturated heterocycles. The number of hydrogen-bond acceptors (Lipinski definition) is 0. The Morgan fingerprint density at radius 3 is 2.41 bits per heavy atom. The monoisotopic (exact) mass is 253 g/mol. The number of unbranched alkanes of at least 4 members (excludes halogenated alkanes) is 2. The maximum absolute atomic E-state index is 2.66. The van der Waals surface area contributed by atoms with E-state index in [1.165, 1.54) is 24.9 Å². The first-order valence-electron chi connectivity index (χ1n) is 7.91. The zero-order valence-electron chi connectivity index (χ0n) is 12.2. The summed E-state index contributed by atoms with van der Waals surface area (Å²) in [4.78, 5) is 0.